The molecular weight excluding hydrogens is 188 g/mol. The summed E-state index contributed by atoms with van der Waals surface area (Å²) in [7, 11) is -2.83. The molecule has 5 heteroatoms. The molecule has 0 saturated carbocycles. The van der Waals surface area contributed by atoms with E-state index in [0.29, 0.717) is 18.7 Å². The summed E-state index contributed by atoms with van der Waals surface area (Å²) in [4.78, 5) is 0. The second-order valence-electron chi connectivity index (χ2n) is 3.77. The summed E-state index contributed by atoms with van der Waals surface area (Å²) in [5, 5.41) is 2.97. The molecule has 0 bridgehead atoms. The predicted octanol–water partition coefficient (Wildman–Crippen LogP) is -0.501. The molecule has 1 aliphatic rings. The van der Waals surface area contributed by atoms with Gasteiger partial charge in [0.25, 0.3) is 0 Å². The Hall–Kier alpha value is -0.130. The van der Waals surface area contributed by atoms with Gasteiger partial charge in [-0.2, -0.15) is 0 Å². The number of hydrogen-bond donors (Lipinski definition) is 2. The van der Waals surface area contributed by atoms with Crippen LogP contribution >= 0.6 is 0 Å². The van der Waals surface area contributed by atoms with Crippen molar-refractivity contribution in [2.24, 2.45) is 5.73 Å². The molecule has 3 atom stereocenters. The van der Waals surface area contributed by atoms with Gasteiger partial charge in [0.05, 0.1) is 11.0 Å². The minimum absolute atomic E-state index is 0.0866. The van der Waals surface area contributed by atoms with Gasteiger partial charge in [0, 0.05) is 18.6 Å². The van der Waals surface area contributed by atoms with E-state index in [-0.39, 0.29) is 17.3 Å². The van der Waals surface area contributed by atoms with Crippen molar-refractivity contribution in [3.63, 3.8) is 0 Å². The molecule has 0 aromatic heterocycles. The van der Waals surface area contributed by atoms with Crippen molar-refractivity contribution in [2.45, 2.75) is 37.6 Å². The zero-order valence-corrected chi connectivity index (χ0v) is 8.97. The van der Waals surface area contributed by atoms with E-state index in [1.54, 1.807) is 6.92 Å². The average molecular weight is 206 g/mol. The highest BCUT2D eigenvalue weighted by Gasteiger charge is 2.36. The topological polar surface area (TPSA) is 72.2 Å². The Kier molecular flexibility index (Phi) is 3.32. The lowest BCUT2D eigenvalue weighted by molar-refractivity contribution is 0.445. The molecule has 0 aliphatic carbocycles. The molecule has 0 aromatic carbocycles. The van der Waals surface area contributed by atoms with Gasteiger partial charge in [-0.05, 0) is 20.3 Å². The Labute approximate surface area is 79.8 Å². The maximum atomic E-state index is 11.4. The first kappa shape index (κ1) is 10.9. The van der Waals surface area contributed by atoms with Crippen LogP contribution in [0.1, 0.15) is 20.3 Å². The van der Waals surface area contributed by atoms with Gasteiger partial charge < -0.3 is 11.1 Å². The number of rotatable bonds is 3. The summed E-state index contributed by atoms with van der Waals surface area (Å²) in [6.07, 6.45) is 0.716. The molecule has 3 N–H and O–H groups in total. The maximum absolute atomic E-state index is 11.4. The molecule has 0 radical (unpaired) electrons. The zero-order chi connectivity index (χ0) is 10.1. The Bertz CT molecular complexity index is 263. The summed E-state index contributed by atoms with van der Waals surface area (Å²) in [5.74, 6) is 0.309. The van der Waals surface area contributed by atoms with Crippen LogP contribution in [-0.4, -0.2) is 38.0 Å². The Morgan fingerprint density at radius 1 is 1.62 bits per heavy atom. The van der Waals surface area contributed by atoms with Crippen molar-refractivity contribution in [2.75, 3.05) is 12.3 Å². The van der Waals surface area contributed by atoms with Crippen molar-refractivity contribution in [1.82, 2.24) is 5.32 Å². The van der Waals surface area contributed by atoms with Crippen LogP contribution < -0.4 is 11.1 Å². The molecule has 78 valence electrons. The number of hydrogen-bond acceptors (Lipinski definition) is 4. The first-order valence-corrected chi connectivity index (χ1v) is 6.36. The second-order valence-corrected chi connectivity index (χ2v) is 6.25. The molecule has 0 spiro atoms. The van der Waals surface area contributed by atoms with Crippen LogP contribution in [0.25, 0.3) is 0 Å². The Morgan fingerprint density at radius 2 is 2.23 bits per heavy atom. The molecular formula is C8H18N2O2S. The minimum atomic E-state index is -2.83. The van der Waals surface area contributed by atoms with Crippen LogP contribution in [0, 0.1) is 0 Å². The molecule has 1 heterocycles. The first-order chi connectivity index (χ1) is 5.97. The zero-order valence-electron chi connectivity index (χ0n) is 8.16. The molecule has 0 aromatic rings. The normalized spacial score (nSPS) is 34.7. The molecule has 1 fully saturated rings. The highest BCUT2D eigenvalue weighted by atomic mass is 32.2. The third kappa shape index (κ3) is 2.42. The van der Waals surface area contributed by atoms with Crippen LogP contribution in [0.15, 0.2) is 0 Å². The molecule has 1 rings (SSSR count). The van der Waals surface area contributed by atoms with E-state index in [2.05, 4.69) is 5.32 Å². The van der Waals surface area contributed by atoms with Crippen molar-refractivity contribution in [1.29, 1.82) is 0 Å². The smallest absolute Gasteiger partial charge is 0.154 e. The highest BCUT2D eigenvalue weighted by molar-refractivity contribution is 7.92. The van der Waals surface area contributed by atoms with Gasteiger partial charge >= 0.3 is 0 Å². The van der Waals surface area contributed by atoms with Crippen molar-refractivity contribution >= 4 is 9.84 Å². The van der Waals surface area contributed by atoms with Crippen LogP contribution in [-0.2, 0) is 9.84 Å². The van der Waals surface area contributed by atoms with E-state index >= 15 is 0 Å². The molecule has 1 saturated heterocycles. The Morgan fingerprint density at radius 3 is 2.62 bits per heavy atom. The monoisotopic (exact) mass is 206 g/mol. The molecule has 0 amide bonds. The fourth-order valence-electron chi connectivity index (χ4n) is 1.61. The summed E-state index contributed by atoms with van der Waals surface area (Å²) < 4.78 is 22.7. The summed E-state index contributed by atoms with van der Waals surface area (Å²) in [5.41, 5.74) is 5.45. The summed E-state index contributed by atoms with van der Waals surface area (Å²) in [6, 6.07) is 0.282. The van der Waals surface area contributed by atoms with E-state index in [1.165, 1.54) is 0 Å². The minimum Gasteiger partial charge on any atom is -0.329 e. The quantitative estimate of drug-likeness (QED) is 0.653. The van der Waals surface area contributed by atoms with Gasteiger partial charge in [0.2, 0.25) is 0 Å². The van der Waals surface area contributed by atoms with E-state index in [9.17, 15) is 8.42 Å². The molecule has 1 aliphatic heterocycles. The lowest BCUT2D eigenvalue weighted by Crippen LogP contribution is -2.44. The van der Waals surface area contributed by atoms with E-state index in [4.69, 9.17) is 5.73 Å². The van der Waals surface area contributed by atoms with E-state index in [1.807, 2.05) is 6.92 Å². The summed E-state index contributed by atoms with van der Waals surface area (Å²) >= 11 is 0. The number of nitrogens with two attached hydrogens (primary N) is 1. The summed E-state index contributed by atoms with van der Waals surface area (Å²) in [6.45, 7) is 4.28. The SMILES string of the molecule is CC(CN)NC1CCS(=O)(=O)C1C. The van der Waals surface area contributed by atoms with Crippen LogP contribution in [0.4, 0.5) is 0 Å². The molecule has 3 unspecified atom stereocenters. The van der Waals surface area contributed by atoms with Crippen LogP contribution in [0.3, 0.4) is 0 Å². The highest BCUT2D eigenvalue weighted by Crippen LogP contribution is 2.20. The standard InChI is InChI=1S/C8H18N2O2S/c1-6(5-9)10-8-3-4-13(11,12)7(8)2/h6-8,10H,3-5,9H2,1-2H3. The van der Waals surface area contributed by atoms with Gasteiger partial charge in [-0.1, -0.05) is 0 Å². The maximum Gasteiger partial charge on any atom is 0.154 e. The number of nitrogens with one attached hydrogen (secondary N) is 1. The van der Waals surface area contributed by atoms with Crippen molar-refractivity contribution in [3.05, 3.63) is 0 Å². The van der Waals surface area contributed by atoms with E-state index < -0.39 is 9.84 Å². The lowest BCUT2D eigenvalue weighted by atomic mass is 10.1. The largest absolute Gasteiger partial charge is 0.329 e. The molecule has 13 heavy (non-hydrogen) atoms. The van der Waals surface area contributed by atoms with Crippen molar-refractivity contribution in [3.8, 4) is 0 Å². The van der Waals surface area contributed by atoms with Crippen LogP contribution in [0.2, 0.25) is 0 Å². The van der Waals surface area contributed by atoms with Gasteiger partial charge in [-0.3, -0.25) is 0 Å². The number of sulfone groups is 1. The van der Waals surface area contributed by atoms with Gasteiger partial charge in [-0.25, -0.2) is 8.42 Å². The van der Waals surface area contributed by atoms with Crippen LogP contribution in [0.5, 0.6) is 0 Å². The third-order valence-corrected chi connectivity index (χ3v) is 4.96. The Balaban J connectivity index is 2.56. The van der Waals surface area contributed by atoms with Crippen molar-refractivity contribution < 1.29 is 8.42 Å². The lowest BCUT2D eigenvalue weighted by Gasteiger charge is -2.20. The fraction of sp³-hybridized carbons (Fsp3) is 1.00. The van der Waals surface area contributed by atoms with Gasteiger partial charge in [0.1, 0.15) is 0 Å². The van der Waals surface area contributed by atoms with E-state index in [0.717, 1.165) is 0 Å². The predicted molar refractivity (Wildman–Crippen MR) is 53.3 cm³/mol. The third-order valence-electron chi connectivity index (χ3n) is 2.70. The second kappa shape index (κ2) is 3.94. The average Bonchev–Trinajstić information content (AvgIpc) is 2.32. The van der Waals surface area contributed by atoms with Gasteiger partial charge in [0.15, 0.2) is 9.84 Å². The fourth-order valence-corrected chi connectivity index (χ4v) is 3.28. The van der Waals surface area contributed by atoms with Gasteiger partial charge in [-0.15, -0.1) is 0 Å². The first-order valence-electron chi connectivity index (χ1n) is 4.65. The molecule has 4 nitrogen and oxygen atoms in total.